The highest BCUT2D eigenvalue weighted by Crippen LogP contribution is 2.42. The molecule has 12 aromatic rings. The van der Waals surface area contributed by atoms with Crippen molar-refractivity contribution in [2.45, 2.75) is 0 Å². The molecule has 12 rings (SSSR count). The Kier molecular flexibility index (Phi) is 6.93. The van der Waals surface area contributed by atoms with Crippen LogP contribution in [0.25, 0.3) is 105 Å². The number of benzene rings is 9. The van der Waals surface area contributed by atoms with Crippen LogP contribution in [0, 0.1) is 0 Å². The summed E-state index contributed by atoms with van der Waals surface area (Å²) in [7, 11) is 0. The number of hydrogen-bond donors (Lipinski definition) is 0. The molecule has 3 aromatic heterocycles. The van der Waals surface area contributed by atoms with E-state index in [0.717, 1.165) is 11.4 Å². The predicted octanol–water partition coefficient (Wildman–Crippen LogP) is 14.3. The van der Waals surface area contributed by atoms with Gasteiger partial charge >= 0.3 is 0 Å². The van der Waals surface area contributed by atoms with Crippen molar-refractivity contribution in [2.75, 3.05) is 0 Å². The molecule has 0 radical (unpaired) electrons. The van der Waals surface area contributed by atoms with E-state index in [4.69, 9.17) is 0 Å². The van der Waals surface area contributed by atoms with Gasteiger partial charge < -0.3 is 13.7 Å². The molecule has 3 heterocycles. The Bertz CT molecular complexity index is 3480. The molecule has 0 spiro atoms. The summed E-state index contributed by atoms with van der Waals surface area (Å²) in [5.41, 5.74) is 15.5. The van der Waals surface area contributed by atoms with Gasteiger partial charge in [0.05, 0.1) is 33.1 Å². The van der Waals surface area contributed by atoms with Crippen LogP contribution in [0.1, 0.15) is 0 Å². The molecular weight excluding hydrogens is 691 g/mol. The van der Waals surface area contributed by atoms with Gasteiger partial charge in [-0.05, 0) is 107 Å². The van der Waals surface area contributed by atoms with E-state index in [-0.39, 0.29) is 0 Å². The summed E-state index contributed by atoms with van der Waals surface area (Å²) in [4.78, 5) is 0. The first-order chi connectivity index (χ1) is 28.3. The lowest BCUT2D eigenvalue weighted by Gasteiger charge is -2.11. The lowest BCUT2D eigenvalue weighted by molar-refractivity contribution is 1.17. The van der Waals surface area contributed by atoms with E-state index in [9.17, 15) is 0 Å². The molecule has 0 fully saturated rings. The van der Waals surface area contributed by atoms with E-state index in [2.05, 4.69) is 226 Å². The third kappa shape index (κ3) is 4.86. The van der Waals surface area contributed by atoms with Gasteiger partial charge in [0.15, 0.2) is 0 Å². The van der Waals surface area contributed by atoms with Gasteiger partial charge in [0, 0.05) is 49.4 Å². The molecule has 3 heteroatoms. The molecule has 3 nitrogen and oxygen atoms in total. The summed E-state index contributed by atoms with van der Waals surface area (Å²) >= 11 is 0. The van der Waals surface area contributed by atoms with E-state index in [0.29, 0.717) is 0 Å². The van der Waals surface area contributed by atoms with Crippen LogP contribution in [0.3, 0.4) is 0 Å². The van der Waals surface area contributed by atoms with Crippen LogP contribution < -0.4 is 0 Å². The molecular formula is C54H35N3. The average molecular weight is 726 g/mol. The predicted molar refractivity (Wildman–Crippen MR) is 240 cm³/mol. The summed E-state index contributed by atoms with van der Waals surface area (Å²) in [6.45, 7) is 0. The fourth-order valence-corrected chi connectivity index (χ4v) is 9.24. The van der Waals surface area contributed by atoms with Crippen LogP contribution in [0.5, 0.6) is 0 Å². The quantitative estimate of drug-likeness (QED) is 0.168. The number of rotatable bonds is 5. The minimum atomic E-state index is 1.14. The van der Waals surface area contributed by atoms with Crippen LogP contribution >= 0.6 is 0 Å². The van der Waals surface area contributed by atoms with Gasteiger partial charge in [-0.3, -0.25) is 0 Å². The molecule has 0 atom stereocenters. The van der Waals surface area contributed by atoms with E-state index >= 15 is 0 Å². The average Bonchev–Trinajstić information content (AvgIpc) is 3.91. The van der Waals surface area contributed by atoms with Crippen LogP contribution in [-0.2, 0) is 0 Å². The lowest BCUT2D eigenvalue weighted by atomic mass is 10.00. The molecule has 0 saturated heterocycles. The fourth-order valence-electron chi connectivity index (χ4n) is 9.24. The second-order valence-corrected chi connectivity index (χ2v) is 15.0. The second-order valence-electron chi connectivity index (χ2n) is 15.0. The van der Waals surface area contributed by atoms with Crippen LogP contribution in [-0.4, -0.2) is 13.7 Å². The minimum Gasteiger partial charge on any atom is -0.309 e. The van der Waals surface area contributed by atoms with Crippen molar-refractivity contribution >= 4 is 65.4 Å². The number of fused-ring (bicyclic) bond motifs is 9. The van der Waals surface area contributed by atoms with Crippen molar-refractivity contribution in [1.82, 2.24) is 13.7 Å². The molecule has 0 N–H and O–H groups in total. The van der Waals surface area contributed by atoms with Crippen LogP contribution in [0.4, 0.5) is 0 Å². The third-order valence-corrected chi connectivity index (χ3v) is 11.8. The number of para-hydroxylation sites is 4. The summed E-state index contributed by atoms with van der Waals surface area (Å²) < 4.78 is 7.25. The highest BCUT2D eigenvalue weighted by molar-refractivity contribution is 6.19. The van der Waals surface area contributed by atoms with Gasteiger partial charge in [-0.1, -0.05) is 127 Å². The highest BCUT2D eigenvalue weighted by Gasteiger charge is 2.20. The van der Waals surface area contributed by atoms with Gasteiger partial charge in [-0.2, -0.15) is 0 Å². The summed E-state index contributed by atoms with van der Waals surface area (Å²) in [6.07, 6.45) is 0. The highest BCUT2D eigenvalue weighted by atomic mass is 15.0. The molecule has 57 heavy (non-hydrogen) atoms. The number of aromatic nitrogens is 3. The van der Waals surface area contributed by atoms with Crippen molar-refractivity contribution in [2.24, 2.45) is 0 Å². The normalized spacial score (nSPS) is 11.9. The Labute approximate surface area is 329 Å². The summed E-state index contributed by atoms with van der Waals surface area (Å²) in [5.74, 6) is 0. The smallest absolute Gasteiger partial charge is 0.0548 e. The summed E-state index contributed by atoms with van der Waals surface area (Å²) in [5, 5.41) is 7.46. The van der Waals surface area contributed by atoms with Gasteiger partial charge in [0.25, 0.3) is 0 Å². The fraction of sp³-hybridized carbons (Fsp3) is 0. The maximum atomic E-state index is 2.45. The topological polar surface area (TPSA) is 14.8 Å². The van der Waals surface area contributed by atoms with E-state index in [1.54, 1.807) is 0 Å². The van der Waals surface area contributed by atoms with Crippen LogP contribution in [0.15, 0.2) is 212 Å². The molecule has 0 aliphatic rings. The Balaban J connectivity index is 1.12. The zero-order valence-corrected chi connectivity index (χ0v) is 31.0. The van der Waals surface area contributed by atoms with Crippen molar-refractivity contribution in [3.8, 4) is 39.3 Å². The summed E-state index contributed by atoms with van der Waals surface area (Å²) in [6, 6.07) is 77.5. The van der Waals surface area contributed by atoms with Crippen LogP contribution in [0.2, 0.25) is 0 Å². The van der Waals surface area contributed by atoms with Crippen molar-refractivity contribution in [3.63, 3.8) is 0 Å². The second kappa shape index (κ2) is 12.5. The maximum Gasteiger partial charge on any atom is 0.0548 e. The van der Waals surface area contributed by atoms with Crippen molar-refractivity contribution in [3.05, 3.63) is 212 Å². The molecule has 0 bridgehead atoms. The molecule has 0 aliphatic carbocycles. The largest absolute Gasteiger partial charge is 0.309 e. The Morgan fingerprint density at radius 1 is 0.193 bits per heavy atom. The molecule has 0 aliphatic heterocycles. The number of nitrogens with zero attached hydrogens (tertiary/aromatic N) is 3. The van der Waals surface area contributed by atoms with Crippen molar-refractivity contribution in [1.29, 1.82) is 0 Å². The standard InChI is InChI=1S/C54H35N3/c1-4-14-36(15-5-1)37-24-28-42(29-25-37)57-52-31-27-39(38-26-30-51-45(32-38)43-20-10-12-22-49(43)55(51)40-16-6-2-7-17-40)33-46(52)48-35-53-47(34-54(48)57)44-21-11-13-23-50(44)56(53)41-18-8-3-9-19-41/h1-35H. The Hall–Kier alpha value is -7.62. The lowest BCUT2D eigenvalue weighted by Crippen LogP contribution is -1.94. The SMILES string of the molecule is c1ccc(-c2ccc(-n3c4ccc(-c5ccc6c(c5)c5ccccc5n6-c5ccccc5)cc4c4cc5c(cc43)c3ccccc3n5-c3ccccc3)cc2)cc1. The minimum absolute atomic E-state index is 1.14. The van der Waals surface area contributed by atoms with Gasteiger partial charge in [-0.25, -0.2) is 0 Å². The first-order valence-corrected chi connectivity index (χ1v) is 19.6. The molecule has 0 saturated carbocycles. The molecule has 0 unspecified atom stereocenters. The molecule has 266 valence electrons. The Morgan fingerprint density at radius 3 is 1.05 bits per heavy atom. The van der Waals surface area contributed by atoms with Crippen molar-refractivity contribution < 1.29 is 0 Å². The Morgan fingerprint density at radius 2 is 0.526 bits per heavy atom. The molecule has 0 amide bonds. The first kappa shape index (κ1) is 31.7. The van der Waals surface area contributed by atoms with Gasteiger partial charge in [0.1, 0.15) is 0 Å². The molecule has 9 aromatic carbocycles. The van der Waals surface area contributed by atoms with E-state index in [1.807, 2.05) is 0 Å². The van der Waals surface area contributed by atoms with Gasteiger partial charge in [0.2, 0.25) is 0 Å². The third-order valence-electron chi connectivity index (χ3n) is 11.8. The monoisotopic (exact) mass is 725 g/mol. The van der Waals surface area contributed by atoms with Gasteiger partial charge in [-0.15, -0.1) is 0 Å². The zero-order valence-electron chi connectivity index (χ0n) is 31.0. The van der Waals surface area contributed by atoms with E-state index < -0.39 is 0 Å². The first-order valence-electron chi connectivity index (χ1n) is 19.6. The van der Waals surface area contributed by atoms with E-state index in [1.165, 1.54) is 93.4 Å². The number of hydrogen-bond acceptors (Lipinski definition) is 0. The maximum absolute atomic E-state index is 2.45. The zero-order chi connectivity index (χ0) is 37.5.